The third-order valence-corrected chi connectivity index (χ3v) is 6.83. The van der Waals surface area contributed by atoms with Crippen molar-refractivity contribution < 1.29 is 34.4 Å². The summed E-state index contributed by atoms with van der Waals surface area (Å²) >= 11 is 0. The number of hydrogen-bond acceptors (Lipinski definition) is 4. The summed E-state index contributed by atoms with van der Waals surface area (Å²) in [4.78, 5) is 34.1. The Morgan fingerprint density at radius 1 is 0.675 bits per heavy atom. The van der Waals surface area contributed by atoms with Crippen LogP contribution in [0.15, 0.2) is 84.9 Å². The summed E-state index contributed by atoms with van der Waals surface area (Å²) < 4.78 is 6.46. The first-order chi connectivity index (χ1) is 19.2. The van der Waals surface area contributed by atoms with Gasteiger partial charge in [0.2, 0.25) is 0 Å². The lowest BCUT2D eigenvalue weighted by molar-refractivity contribution is -0.136. The van der Waals surface area contributed by atoms with Crippen LogP contribution in [-0.2, 0) is 11.2 Å². The molecule has 0 saturated carbocycles. The Morgan fingerprint density at radius 3 is 1.55 bits per heavy atom. The van der Waals surface area contributed by atoms with Crippen LogP contribution in [0, 0.1) is 5.92 Å². The molecular weight excluding hydrogens is 508 g/mol. The van der Waals surface area contributed by atoms with Gasteiger partial charge >= 0.3 is 17.9 Å². The molecule has 40 heavy (non-hydrogen) atoms. The lowest BCUT2D eigenvalue weighted by Gasteiger charge is -2.21. The lowest BCUT2D eigenvalue weighted by atomic mass is 9.91. The second kappa shape index (κ2) is 12.3. The van der Waals surface area contributed by atoms with Crippen molar-refractivity contribution in [3.8, 4) is 39.1 Å². The van der Waals surface area contributed by atoms with Gasteiger partial charge in [-0.25, -0.2) is 9.59 Å². The quantitative estimate of drug-likeness (QED) is 0.186. The van der Waals surface area contributed by atoms with Crippen LogP contribution < -0.4 is 4.74 Å². The predicted molar refractivity (Wildman–Crippen MR) is 153 cm³/mol. The molecule has 0 amide bonds. The summed E-state index contributed by atoms with van der Waals surface area (Å²) in [7, 11) is 0. The first-order valence-electron chi connectivity index (χ1n) is 13.0. The van der Waals surface area contributed by atoms with Crippen LogP contribution >= 0.6 is 0 Å². The number of ether oxygens (including phenoxy) is 1. The molecule has 1 unspecified atom stereocenters. The van der Waals surface area contributed by atoms with Gasteiger partial charge in [-0.3, -0.25) is 4.79 Å². The van der Waals surface area contributed by atoms with Crippen LogP contribution in [0.4, 0.5) is 0 Å². The topological polar surface area (TPSA) is 121 Å². The van der Waals surface area contributed by atoms with Crippen molar-refractivity contribution in [1.29, 1.82) is 0 Å². The summed E-state index contributed by atoms with van der Waals surface area (Å²) in [6.45, 7) is 4.65. The molecule has 7 heteroatoms. The number of benzene rings is 4. The molecule has 1 atom stereocenters. The van der Waals surface area contributed by atoms with E-state index in [4.69, 9.17) is 4.74 Å². The summed E-state index contributed by atoms with van der Waals surface area (Å²) in [6, 6.07) is 24.4. The lowest BCUT2D eigenvalue weighted by Crippen LogP contribution is -2.09. The average molecular weight is 539 g/mol. The molecular formula is C33H30O7. The molecule has 0 aliphatic carbocycles. The van der Waals surface area contributed by atoms with Crippen LogP contribution in [-0.4, -0.2) is 39.8 Å². The maximum atomic E-state index is 11.5. The number of carboxylic acids is 3. The van der Waals surface area contributed by atoms with Crippen molar-refractivity contribution in [3.63, 3.8) is 0 Å². The molecule has 4 aromatic rings. The van der Waals surface area contributed by atoms with Crippen LogP contribution in [0.5, 0.6) is 5.75 Å². The molecule has 0 bridgehead atoms. The Bertz CT molecular complexity index is 1520. The number of hydrogen-bond donors (Lipinski definition) is 3. The zero-order chi connectivity index (χ0) is 28.8. The Hall–Kier alpha value is -4.91. The molecule has 0 fully saturated rings. The minimum Gasteiger partial charge on any atom is -0.492 e. The van der Waals surface area contributed by atoms with E-state index in [0.29, 0.717) is 17.9 Å². The Kier molecular flexibility index (Phi) is 8.64. The standard InChI is InChI=1S/C33H30O7/c1-3-20(2)19-40-31-28(23-6-4-21(5-7-23)16-30(34)35)17-27(22-8-12-25(13-9-22)32(36)37)18-29(31)24-10-14-26(15-11-24)33(38)39/h4-15,17-18,20H,3,16,19H2,1-2H3,(H,34,35)(H,36,37)(H,38,39). The Morgan fingerprint density at radius 2 is 1.12 bits per heavy atom. The fraction of sp³-hybridized carbons (Fsp3) is 0.182. The predicted octanol–water partition coefficient (Wildman–Crippen LogP) is 7.14. The highest BCUT2D eigenvalue weighted by Crippen LogP contribution is 2.43. The molecule has 0 saturated heterocycles. The minimum atomic E-state index is -1.02. The van der Waals surface area contributed by atoms with Crippen LogP contribution in [0.25, 0.3) is 33.4 Å². The maximum Gasteiger partial charge on any atom is 0.335 e. The fourth-order valence-electron chi connectivity index (χ4n) is 4.30. The van der Waals surface area contributed by atoms with Gasteiger partial charge in [0.25, 0.3) is 0 Å². The largest absolute Gasteiger partial charge is 0.492 e. The number of aliphatic carboxylic acids is 1. The summed E-state index contributed by atoms with van der Waals surface area (Å²) in [6.07, 6.45) is 0.838. The number of aromatic carboxylic acids is 2. The highest BCUT2D eigenvalue weighted by atomic mass is 16.5. The maximum absolute atomic E-state index is 11.5. The first-order valence-corrected chi connectivity index (χ1v) is 13.0. The van der Waals surface area contributed by atoms with E-state index < -0.39 is 17.9 Å². The second-order valence-electron chi connectivity index (χ2n) is 9.76. The molecule has 0 aromatic heterocycles. The van der Waals surface area contributed by atoms with Crippen LogP contribution in [0.3, 0.4) is 0 Å². The van der Waals surface area contributed by atoms with Gasteiger partial charge in [0, 0.05) is 11.1 Å². The smallest absolute Gasteiger partial charge is 0.335 e. The van der Waals surface area contributed by atoms with E-state index in [1.807, 2.05) is 24.3 Å². The van der Waals surface area contributed by atoms with E-state index in [0.717, 1.165) is 39.8 Å². The summed E-state index contributed by atoms with van der Waals surface area (Å²) in [5.74, 6) is -2.03. The molecule has 0 spiro atoms. The van der Waals surface area contributed by atoms with Crippen molar-refractivity contribution in [2.45, 2.75) is 26.7 Å². The molecule has 204 valence electrons. The van der Waals surface area contributed by atoms with Gasteiger partial charge in [-0.05, 0) is 70.1 Å². The minimum absolute atomic E-state index is 0.0885. The highest BCUT2D eigenvalue weighted by Gasteiger charge is 2.19. The van der Waals surface area contributed by atoms with Crippen LogP contribution in [0.2, 0.25) is 0 Å². The molecule has 0 aliphatic heterocycles. The molecule has 0 heterocycles. The highest BCUT2D eigenvalue weighted by molar-refractivity contribution is 5.92. The van der Waals surface area contributed by atoms with Crippen LogP contribution in [0.1, 0.15) is 46.5 Å². The number of carbonyl (C=O) groups is 3. The zero-order valence-corrected chi connectivity index (χ0v) is 22.3. The molecule has 4 rings (SSSR count). The fourth-order valence-corrected chi connectivity index (χ4v) is 4.30. The van der Waals surface area contributed by atoms with Gasteiger partial charge in [0.1, 0.15) is 5.75 Å². The van der Waals surface area contributed by atoms with Crippen molar-refractivity contribution in [1.82, 2.24) is 0 Å². The number of rotatable bonds is 11. The molecule has 3 N–H and O–H groups in total. The van der Waals surface area contributed by atoms with Gasteiger partial charge < -0.3 is 20.1 Å². The third-order valence-electron chi connectivity index (χ3n) is 6.83. The van der Waals surface area contributed by atoms with Gasteiger partial charge in [-0.2, -0.15) is 0 Å². The third kappa shape index (κ3) is 6.56. The van der Waals surface area contributed by atoms with Gasteiger partial charge in [-0.1, -0.05) is 68.8 Å². The van der Waals surface area contributed by atoms with E-state index in [1.165, 1.54) is 0 Å². The molecule has 0 aliphatic rings. The SMILES string of the molecule is CCC(C)COc1c(-c2ccc(CC(=O)O)cc2)cc(-c2ccc(C(=O)O)cc2)cc1-c1ccc(C(=O)O)cc1. The van der Waals surface area contributed by atoms with Gasteiger partial charge in [-0.15, -0.1) is 0 Å². The monoisotopic (exact) mass is 538 g/mol. The van der Waals surface area contributed by atoms with E-state index >= 15 is 0 Å². The summed E-state index contributed by atoms with van der Waals surface area (Å²) in [5.41, 5.74) is 5.74. The zero-order valence-electron chi connectivity index (χ0n) is 22.3. The Balaban J connectivity index is 1.94. The van der Waals surface area contributed by atoms with Crippen molar-refractivity contribution in [3.05, 3.63) is 102 Å². The number of carboxylic acid groups (broad SMARTS) is 3. The van der Waals surface area contributed by atoms with Gasteiger partial charge in [0.05, 0.1) is 24.2 Å². The van der Waals surface area contributed by atoms with E-state index in [9.17, 15) is 29.7 Å². The molecule has 7 nitrogen and oxygen atoms in total. The van der Waals surface area contributed by atoms with Crippen molar-refractivity contribution in [2.75, 3.05) is 6.61 Å². The normalized spacial score (nSPS) is 11.6. The molecule has 4 aromatic carbocycles. The van der Waals surface area contributed by atoms with Crippen molar-refractivity contribution >= 4 is 17.9 Å². The van der Waals surface area contributed by atoms with E-state index in [-0.39, 0.29) is 23.5 Å². The van der Waals surface area contributed by atoms with E-state index in [2.05, 4.69) is 13.8 Å². The average Bonchev–Trinajstić information content (AvgIpc) is 2.95. The van der Waals surface area contributed by atoms with Gasteiger partial charge in [0.15, 0.2) is 0 Å². The molecule has 0 radical (unpaired) electrons. The summed E-state index contributed by atoms with van der Waals surface area (Å²) in [5, 5.41) is 27.9. The second-order valence-corrected chi connectivity index (χ2v) is 9.76. The van der Waals surface area contributed by atoms with E-state index in [1.54, 1.807) is 60.7 Å². The first kappa shape index (κ1) is 28.1. The Labute approximate surface area is 232 Å². The van der Waals surface area contributed by atoms with Crippen molar-refractivity contribution in [2.24, 2.45) is 5.92 Å².